The van der Waals surface area contributed by atoms with E-state index in [1.807, 2.05) is 13.8 Å². The summed E-state index contributed by atoms with van der Waals surface area (Å²) in [5.41, 5.74) is 5.82. The number of hydrogen-bond donors (Lipinski definition) is 1. The Morgan fingerprint density at radius 3 is 1.84 bits per heavy atom. The first-order valence-corrected chi connectivity index (χ1v) is 14.6. The van der Waals surface area contributed by atoms with E-state index in [1.54, 1.807) is 6.92 Å². The standard InChI is InChI=1S/C28H53F2NO7/c1-6-11-15-33-20-22-23(35-16-12-7-2)24(36-17-13-8-3)25(37-18-14-9-4)26(38-22)28(29,30)19-21(31)27(32)34-10-5/h21-26H,6-20,31H2,1-5H3/t21-,22+,23-,24-,25+,26+/m0/s1. The summed E-state index contributed by atoms with van der Waals surface area (Å²) in [4.78, 5) is 12.1. The van der Waals surface area contributed by atoms with Gasteiger partial charge >= 0.3 is 5.97 Å². The highest BCUT2D eigenvalue weighted by Gasteiger charge is 2.57. The number of ether oxygens (including phenoxy) is 6. The van der Waals surface area contributed by atoms with Crippen LogP contribution in [0.2, 0.25) is 0 Å². The lowest BCUT2D eigenvalue weighted by Gasteiger charge is -2.48. The zero-order valence-corrected chi connectivity index (χ0v) is 24.3. The van der Waals surface area contributed by atoms with Crippen LogP contribution in [0.5, 0.6) is 0 Å². The average Bonchev–Trinajstić information content (AvgIpc) is 2.88. The molecule has 1 rings (SSSR count). The predicted octanol–water partition coefficient (Wildman–Crippen LogP) is 5.04. The van der Waals surface area contributed by atoms with Crippen LogP contribution in [0, 0.1) is 0 Å². The third kappa shape index (κ3) is 12.1. The van der Waals surface area contributed by atoms with Gasteiger partial charge in [0.15, 0.2) is 6.10 Å². The second-order valence-corrected chi connectivity index (χ2v) is 9.91. The van der Waals surface area contributed by atoms with Crippen LogP contribution in [0.4, 0.5) is 8.78 Å². The maximum Gasteiger partial charge on any atom is 0.323 e. The van der Waals surface area contributed by atoms with E-state index in [9.17, 15) is 4.79 Å². The molecule has 1 aliphatic rings. The van der Waals surface area contributed by atoms with Crippen molar-refractivity contribution in [3.05, 3.63) is 0 Å². The molecule has 0 bridgehead atoms. The molecule has 6 atom stereocenters. The number of carbonyl (C=O) groups is 1. The molecule has 0 saturated carbocycles. The molecule has 226 valence electrons. The molecule has 0 aromatic carbocycles. The van der Waals surface area contributed by atoms with Crippen LogP contribution in [0.25, 0.3) is 0 Å². The minimum absolute atomic E-state index is 0.0576. The van der Waals surface area contributed by atoms with Crippen LogP contribution in [0.1, 0.15) is 92.4 Å². The minimum atomic E-state index is -3.49. The van der Waals surface area contributed by atoms with Crippen molar-refractivity contribution in [3.8, 4) is 0 Å². The fourth-order valence-electron chi connectivity index (χ4n) is 4.24. The summed E-state index contributed by atoms with van der Waals surface area (Å²) in [5, 5.41) is 0. The zero-order chi connectivity index (χ0) is 28.4. The summed E-state index contributed by atoms with van der Waals surface area (Å²) < 4.78 is 67.1. The number of halogens is 2. The lowest BCUT2D eigenvalue weighted by molar-refractivity contribution is -0.306. The number of alkyl halides is 2. The van der Waals surface area contributed by atoms with Crippen LogP contribution < -0.4 is 5.73 Å². The van der Waals surface area contributed by atoms with Gasteiger partial charge in [-0.25, -0.2) is 8.78 Å². The molecule has 0 aromatic rings. The molecule has 1 aliphatic heterocycles. The molecule has 1 saturated heterocycles. The second-order valence-electron chi connectivity index (χ2n) is 9.91. The fraction of sp³-hybridized carbons (Fsp3) is 0.964. The van der Waals surface area contributed by atoms with E-state index in [-0.39, 0.29) is 19.8 Å². The molecule has 0 amide bonds. The van der Waals surface area contributed by atoms with Gasteiger partial charge < -0.3 is 34.2 Å². The summed E-state index contributed by atoms with van der Waals surface area (Å²) >= 11 is 0. The van der Waals surface area contributed by atoms with Crippen molar-refractivity contribution in [1.82, 2.24) is 0 Å². The van der Waals surface area contributed by atoms with Gasteiger partial charge in [-0.1, -0.05) is 53.4 Å². The lowest BCUT2D eigenvalue weighted by Crippen LogP contribution is -2.66. The third-order valence-electron chi connectivity index (χ3n) is 6.48. The zero-order valence-electron chi connectivity index (χ0n) is 24.3. The van der Waals surface area contributed by atoms with Crippen molar-refractivity contribution in [2.24, 2.45) is 5.73 Å². The highest BCUT2D eigenvalue weighted by atomic mass is 19.3. The molecule has 1 heterocycles. The molecule has 0 aromatic heterocycles. The molecule has 0 aliphatic carbocycles. The molecule has 38 heavy (non-hydrogen) atoms. The first-order chi connectivity index (χ1) is 18.3. The van der Waals surface area contributed by atoms with Crippen molar-refractivity contribution < 1.29 is 42.0 Å². The number of esters is 1. The molecule has 10 heteroatoms. The van der Waals surface area contributed by atoms with E-state index >= 15 is 8.78 Å². The molecule has 2 N–H and O–H groups in total. The number of hydrogen-bond acceptors (Lipinski definition) is 8. The van der Waals surface area contributed by atoms with Crippen molar-refractivity contribution >= 4 is 5.97 Å². The molecular formula is C28H53F2NO7. The topological polar surface area (TPSA) is 98.5 Å². The Morgan fingerprint density at radius 2 is 1.32 bits per heavy atom. The Morgan fingerprint density at radius 1 is 0.816 bits per heavy atom. The van der Waals surface area contributed by atoms with Crippen molar-refractivity contribution in [3.63, 3.8) is 0 Å². The fourth-order valence-corrected chi connectivity index (χ4v) is 4.24. The Labute approximate surface area is 228 Å². The summed E-state index contributed by atoms with van der Waals surface area (Å²) in [5.74, 6) is -4.37. The van der Waals surface area contributed by atoms with E-state index in [4.69, 9.17) is 34.2 Å². The lowest BCUT2D eigenvalue weighted by atomic mass is 9.88. The summed E-state index contributed by atoms with van der Waals surface area (Å²) in [6.07, 6.45) is 0.772. The summed E-state index contributed by atoms with van der Waals surface area (Å²) in [7, 11) is 0. The van der Waals surface area contributed by atoms with E-state index in [1.165, 1.54) is 0 Å². The third-order valence-corrected chi connectivity index (χ3v) is 6.48. The monoisotopic (exact) mass is 553 g/mol. The van der Waals surface area contributed by atoms with Crippen LogP contribution in [0.3, 0.4) is 0 Å². The van der Waals surface area contributed by atoms with E-state index in [2.05, 4.69) is 13.8 Å². The normalized spacial score (nSPS) is 24.9. The molecule has 8 nitrogen and oxygen atoms in total. The van der Waals surface area contributed by atoms with Crippen LogP contribution in [0.15, 0.2) is 0 Å². The van der Waals surface area contributed by atoms with Crippen LogP contribution >= 0.6 is 0 Å². The minimum Gasteiger partial charge on any atom is -0.465 e. The van der Waals surface area contributed by atoms with Crippen molar-refractivity contribution in [2.45, 2.75) is 135 Å². The van der Waals surface area contributed by atoms with E-state index < -0.39 is 54.9 Å². The predicted molar refractivity (Wildman–Crippen MR) is 143 cm³/mol. The van der Waals surface area contributed by atoms with Gasteiger partial charge in [0, 0.05) is 32.8 Å². The van der Waals surface area contributed by atoms with Crippen LogP contribution in [-0.4, -0.2) is 88.1 Å². The number of rotatable bonds is 22. The smallest absolute Gasteiger partial charge is 0.323 e. The highest BCUT2D eigenvalue weighted by Crippen LogP contribution is 2.39. The Kier molecular flexibility index (Phi) is 18.5. The van der Waals surface area contributed by atoms with Gasteiger partial charge in [0.2, 0.25) is 0 Å². The van der Waals surface area contributed by atoms with Gasteiger partial charge in [0.05, 0.1) is 13.2 Å². The Bertz CT molecular complexity index is 614. The largest absolute Gasteiger partial charge is 0.465 e. The molecule has 1 fully saturated rings. The molecular weight excluding hydrogens is 500 g/mol. The molecule has 0 spiro atoms. The highest BCUT2D eigenvalue weighted by molar-refractivity contribution is 5.75. The summed E-state index contributed by atoms with van der Waals surface area (Å²) in [6.45, 7) is 11.5. The van der Waals surface area contributed by atoms with Gasteiger partial charge in [-0.05, 0) is 32.6 Å². The van der Waals surface area contributed by atoms with Gasteiger partial charge in [0.1, 0.15) is 30.5 Å². The quantitative estimate of drug-likeness (QED) is 0.147. The second kappa shape index (κ2) is 20.0. The van der Waals surface area contributed by atoms with Gasteiger partial charge in [-0.2, -0.15) is 0 Å². The number of nitrogens with two attached hydrogens (primary N) is 1. The SMILES string of the molecule is CCCCOC[C@H]1O[C@@H](C(F)(F)C[C@H](N)C(=O)OCC)[C@H](OCCCC)[C@@H](OCCCC)[C@H]1OCCCC. The maximum absolute atomic E-state index is 15.9. The van der Waals surface area contributed by atoms with Gasteiger partial charge in [0.25, 0.3) is 5.92 Å². The number of unbranched alkanes of at least 4 members (excludes halogenated alkanes) is 4. The Balaban J connectivity index is 3.35. The average molecular weight is 554 g/mol. The Hall–Kier alpha value is -0.910. The van der Waals surface area contributed by atoms with E-state index in [0.29, 0.717) is 26.2 Å². The van der Waals surface area contributed by atoms with Crippen molar-refractivity contribution in [1.29, 1.82) is 0 Å². The molecule has 0 unspecified atom stereocenters. The molecule has 0 radical (unpaired) electrons. The maximum atomic E-state index is 15.9. The van der Waals surface area contributed by atoms with Crippen molar-refractivity contribution in [2.75, 3.05) is 39.6 Å². The first-order valence-electron chi connectivity index (χ1n) is 14.6. The van der Waals surface area contributed by atoms with Gasteiger partial charge in [-0.3, -0.25) is 4.79 Å². The van der Waals surface area contributed by atoms with Gasteiger partial charge in [-0.15, -0.1) is 0 Å². The first kappa shape index (κ1) is 35.1. The van der Waals surface area contributed by atoms with E-state index in [0.717, 1.165) is 44.9 Å². The summed E-state index contributed by atoms with van der Waals surface area (Å²) in [6, 6.07) is -1.50. The number of carbonyl (C=O) groups excluding carboxylic acids is 1. The van der Waals surface area contributed by atoms with Crippen LogP contribution in [-0.2, 0) is 33.2 Å².